The molecule has 0 atom stereocenters. The smallest absolute Gasteiger partial charge is 0.265 e. The summed E-state index contributed by atoms with van der Waals surface area (Å²) in [7, 11) is 0. The van der Waals surface area contributed by atoms with E-state index in [9.17, 15) is 4.79 Å². The molecule has 0 spiro atoms. The maximum Gasteiger partial charge on any atom is 0.265 e. The van der Waals surface area contributed by atoms with Crippen molar-refractivity contribution in [3.8, 4) is 11.4 Å². The van der Waals surface area contributed by atoms with E-state index in [0.29, 0.717) is 26.6 Å². The van der Waals surface area contributed by atoms with Crippen LogP contribution in [0.2, 0.25) is 5.02 Å². The Hall–Kier alpha value is -0.650. The topological polar surface area (TPSA) is 45.8 Å². The van der Waals surface area contributed by atoms with Crippen LogP contribution in [0.5, 0.6) is 0 Å². The van der Waals surface area contributed by atoms with Crippen LogP contribution in [-0.2, 0) is 0 Å². The van der Waals surface area contributed by atoms with Crippen molar-refractivity contribution in [2.45, 2.75) is 6.92 Å². The summed E-state index contributed by atoms with van der Waals surface area (Å²) in [5.41, 5.74) is 1.09. The van der Waals surface area contributed by atoms with Crippen LogP contribution in [0.1, 0.15) is 5.69 Å². The molecule has 1 heterocycles. The highest BCUT2D eigenvalue weighted by Gasteiger charge is 2.10. The van der Waals surface area contributed by atoms with Crippen LogP contribution in [0.3, 0.4) is 0 Å². The number of aromatic amines is 1. The van der Waals surface area contributed by atoms with E-state index in [4.69, 9.17) is 11.6 Å². The predicted molar refractivity (Wildman–Crippen MR) is 75.4 cm³/mol. The van der Waals surface area contributed by atoms with Crippen LogP contribution < -0.4 is 5.56 Å². The molecule has 88 valence electrons. The molecule has 0 amide bonds. The Labute approximate surface area is 119 Å². The molecule has 2 rings (SSSR count). The number of nitrogens with zero attached hydrogens (tertiary/aromatic N) is 1. The highest BCUT2D eigenvalue weighted by atomic mass is 79.9. The molecule has 1 aromatic carbocycles. The van der Waals surface area contributed by atoms with E-state index in [-0.39, 0.29) is 5.56 Å². The summed E-state index contributed by atoms with van der Waals surface area (Å²) >= 11 is 12.6. The van der Waals surface area contributed by atoms with Gasteiger partial charge in [0.15, 0.2) is 0 Å². The lowest BCUT2D eigenvalue weighted by Gasteiger charge is -2.06. The van der Waals surface area contributed by atoms with Gasteiger partial charge < -0.3 is 4.98 Å². The lowest BCUT2D eigenvalue weighted by Crippen LogP contribution is -2.11. The molecule has 0 aliphatic rings. The third-order valence-corrected chi connectivity index (χ3v) is 3.97. The number of hydrogen-bond donors (Lipinski definition) is 1. The second kappa shape index (κ2) is 4.92. The average Bonchev–Trinajstić information content (AvgIpc) is 2.28. The van der Waals surface area contributed by atoms with E-state index in [2.05, 4.69) is 41.8 Å². The number of benzene rings is 1. The first-order valence-corrected chi connectivity index (χ1v) is 6.67. The first kappa shape index (κ1) is 12.8. The van der Waals surface area contributed by atoms with Crippen LogP contribution in [-0.4, -0.2) is 9.97 Å². The molecule has 3 nitrogen and oxygen atoms in total. The monoisotopic (exact) mass is 376 g/mol. The number of hydrogen-bond acceptors (Lipinski definition) is 2. The van der Waals surface area contributed by atoms with Crippen molar-refractivity contribution in [1.29, 1.82) is 0 Å². The van der Waals surface area contributed by atoms with Crippen molar-refractivity contribution in [2.75, 3.05) is 0 Å². The normalized spacial score (nSPS) is 10.6. The van der Waals surface area contributed by atoms with E-state index < -0.39 is 0 Å². The minimum Gasteiger partial charge on any atom is -0.305 e. The van der Waals surface area contributed by atoms with Crippen molar-refractivity contribution in [1.82, 2.24) is 9.97 Å². The third-order valence-electron chi connectivity index (χ3n) is 2.21. The van der Waals surface area contributed by atoms with Gasteiger partial charge >= 0.3 is 0 Å². The van der Waals surface area contributed by atoms with Gasteiger partial charge in [-0.1, -0.05) is 27.5 Å². The van der Waals surface area contributed by atoms with Crippen LogP contribution in [0.15, 0.2) is 31.9 Å². The second-order valence-corrected chi connectivity index (χ2v) is 5.55. The lowest BCUT2D eigenvalue weighted by atomic mass is 10.2. The fraction of sp³-hybridized carbons (Fsp3) is 0.0909. The van der Waals surface area contributed by atoms with Gasteiger partial charge in [0.05, 0.1) is 10.7 Å². The van der Waals surface area contributed by atoms with Gasteiger partial charge in [-0.15, -0.1) is 0 Å². The summed E-state index contributed by atoms with van der Waals surface area (Å²) < 4.78 is 1.31. The van der Waals surface area contributed by atoms with E-state index in [1.165, 1.54) is 0 Å². The highest BCUT2D eigenvalue weighted by Crippen LogP contribution is 2.28. The summed E-state index contributed by atoms with van der Waals surface area (Å²) in [5.74, 6) is 0.460. The van der Waals surface area contributed by atoms with Crippen molar-refractivity contribution < 1.29 is 0 Å². The molecule has 6 heteroatoms. The summed E-state index contributed by atoms with van der Waals surface area (Å²) in [6.07, 6.45) is 0. The van der Waals surface area contributed by atoms with Gasteiger partial charge in [-0.3, -0.25) is 4.79 Å². The minimum absolute atomic E-state index is 0.219. The number of aryl methyl sites for hydroxylation is 1. The molecular weight excluding hydrogens is 371 g/mol. The molecule has 0 bridgehead atoms. The van der Waals surface area contributed by atoms with Gasteiger partial charge in [-0.25, -0.2) is 4.98 Å². The van der Waals surface area contributed by atoms with Crippen molar-refractivity contribution in [2.24, 2.45) is 0 Å². The number of nitrogens with one attached hydrogen (secondary N) is 1. The van der Waals surface area contributed by atoms with Crippen LogP contribution in [0, 0.1) is 6.92 Å². The molecule has 0 saturated heterocycles. The largest absolute Gasteiger partial charge is 0.305 e. The molecule has 0 fully saturated rings. The third kappa shape index (κ3) is 2.61. The Morgan fingerprint density at radius 2 is 2.06 bits per heavy atom. The quantitative estimate of drug-likeness (QED) is 0.817. The van der Waals surface area contributed by atoms with Gasteiger partial charge in [0.25, 0.3) is 5.56 Å². The fourth-order valence-electron chi connectivity index (χ4n) is 1.38. The Morgan fingerprint density at radius 1 is 1.35 bits per heavy atom. The molecule has 0 aliphatic carbocycles. The van der Waals surface area contributed by atoms with E-state index >= 15 is 0 Å². The van der Waals surface area contributed by atoms with Gasteiger partial charge in [-0.2, -0.15) is 0 Å². The van der Waals surface area contributed by atoms with Gasteiger partial charge in [0.1, 0.15) is 10.3 Å². The van der Waals surface area contributed by atoms with Gasteiger partial charge in [0.2, 0.25) is 0 Å². The lowest BCUT2D eigenvalue weighted by molar-refractivity contribution is 1.05. The molecule has 1 aromatic heterocycles. The van der Waals surface area contributed by atoms with Gasteiger partial charge in [-0.05, 0) is 41.1 Å². The van der Waals surface area contributed by atoms with Gasteiger partial charge in [0, 0.05) is 10.0 Å². The van der Waals surface area contributed by atoms with E-state index in [1.54, 1.807) is 13.0 Å². The van der Waals surface area contributed by atoms with E-state index in [1.807, 2.05) is 12.1 Å². The number of aromatic nitrogens is 2. The zero-order valence-corrected chi connectivity index (χ0v) is 12.6. The zero-order valence-electron chi connectivity index (χ0n) is 8.72. The summed E-state index contributed by atoms with van der Waals surface area (Å²) in [6.45, 7) is 1.76. The summed E-state index contributed by atoms with van der Waals surface area (Å²) in [6, 6.07) is 5.39. The van der Waals surface area contributed by atoms with Crippen molar-refractivity contribution in [3.05, 3.63) is 48.2 Å². The Balaban J connectivity index is 2.69. The van der Waals surface area contributed by atoms with Crippen molar-refractivity contribution >= 4 is 43.5 Å². The summed E-state index contributed by atoms with van der Waals surface area (Å²) in [5, 5.41) is 0.540. The molecule has 17 heavy (non-hydrogen) atoms. The molecule has 0 radical (unpaired) electrons. The maximum absolute atomic E-state index is 11.6. The Morgan fingerprint density at radius 3 is 2.71 bits per heavy atom. The van der Waals surface area contributed by atoms with Crippen LogP contribution in [0.25, 0.3) is 11.4 Å². The molecular formula is C11H7Br2ClN2O. The fourth-order valence-corrected chi connectivity index (χ4v) is 2.13. The SMILES string of the molecule is Cc1nc(-c2cc(Br)ccc2Cl)[nH]c(=O)c1Br. The van der Waals surface area contributed by atoms with Crippen molar-refractivity contribution in [3.63, 3.8) is 0 Å². The molecule has 2 aromatic rings. The Bertz CT molecular complexity index is 640. The predicted octanol–water partition coefficient (Wildman–Crippen LogP) is 3.92. The maximum atomic E-state index is 11.6. The highest BCUT2D eigenvalue weighted by molar-refractivity contribution is 9.10. The Kier molecular flexibility index (Phi) is 3.70. The molecule has 1 N–H and O–H groups in total. The zero-order chi connectivity index (χ0) is 12.6. The van der Waals surface area contributed by atoms with Crippen LogP contribution in [0.4, 0.5) is 0 Å². The molecule has 0 aliphatic heterocycles. The van der Waals surface area contributed by atoms with E-state index in [0.717, 1.165) is 4.47 Å². The summed E-state index contributed by atoms with van der Waals surface area (Å²) in [4.78, 5) is 18.6. The average molecular weight is 378 g/mol. The number of rotatable bonds is 1. The van der Waals surface area contributed by atoms with Crippen LogP contribution >= 0.6 is 43.5 Å². The molecule has 0 saturated carbocycles. The number of halogens is 3. The molecule has 0 unspecified atom stereocenters. The first-order valence-electron chi connectivity index (χ1n) is 4.71. The second-order valence-electron chi connectivity index (χ2n) is 3.44. The minimum atomic E-state index is -0.219. The standard InChI is InChI=1S/C11H7Br2ClN2O/c1-5-9(13)11(17)16-10(15-5)7-4-6(12)2-3-8(7)14/h2-4H,1H3,(H,15,16,17). The number of H-pyrrole nitrogens is 1. The first-order chi connectivity index (χ1) is 7.99.